The second kappa shape index (κ2) is 24.4. The highest BCUT2D eigenvalue weighted by molar-refractivity contribution is 6.70. The fourth-order valence-electron chi connectivity index (χ4n) is 11.7. The van der Waals surface area contributed by atoms with Gasteiger partial charge in [-0.15, -0.1) is 0 Å². The van der Waals surface area contributed by atoms with Crippen molar-refractivity contribution in [2.45, 2.75) is 276 Å². The Morgan fingerprint density at radius 2 is 1.43 bits per heavy atom. The number of oxime groups is 1. The van der Waals surface area contributed by atoms with Crippen molar-refractivity contribution < 1.29 is 62.2 Å². The summed E-state index contributed by atoms with van der Waals surface area (Å²) >= 11 is 0. The Labute approximate surface area is 420 Å². The van der Waals surface area contributed by atoms with Crippen molar-refractivity contribution >= 4 is 22.3 Å². The number of rotatable bonds is 15. The van der Waals surface area contributed by atoms with Crippen LogP contribution in [0.3, 0.4) is 0 Å². The number of ether oxygens (including phenoxy) is 7. The largest absolute Gasteiger partial charge is 0.409 e. The Balaban J connectivity index is 1.93. The van der Waals surface area contributed by atoms with Crippen LogP contribution in [0.25, 0.3) is 0 Å². The summed E-state index contributed by atoms with van der Waals surface area (Å²) in [6, 6.07) is -0.0186. The van der Waals surface area contributed by atoms with Crippen LogP contribution in [0.15, 0.2) is 5.16 Å². The van der Waals surface area contributed by atoms with Crippen LogP contribution in [0.2, 0.25) is 39.3 Å². The van der Waals surface area contributed by atoms with Gasteiger partial charge in [0.1, 0.15) is 11.7 Å². The number of hydrogen-bond acceptors (Lipinski definition) is 15. The molecule has 0 aromatic heterocycles. The Morgan fingerprint density at radius 1 is 0.826 bits per heavy atom. The van der Waals surface area contributed by atoms with Gasteiger partial charge in [0.2, 0.25) is 5.79 Å². The molecule has 0 amide bonds. The first kappa shape index (κ1) is 60.9. The minimum atomic E-state index is -2.18. The molecule has 2 unspecified atom stereocenters. The van der Waals surface area contributed by atoms with E-state index in [1.807, 2.05) is 48.5 Å². The minimum Gasteiger partial charge on any atom is -0.409 e. The first-order valence-corrected chi connectivity index (χ1v) is 33.4. The molecule has 1 aliphatic carbocycles. The molecule has 3 saturated heterocycles. The molecule has 4 aliphatic rings. The number of aliphatic hydroxyl groups is 3. The molecule has 3 N–H and O–H groups in total. The molecule has 15 nitrogen and oxygen atoms in total. The lowest BCUT2D eigenvalue weighted by Crippen LogP contribution is -2.62. The fourth-order valence-corrected chi connectivity index (χ4v) is 14.0. The van der Waals surface area contributed by atoms with Gasteiger partial charge in [-0.2, -0.15) is 0 Å². The highest BCUT2D eigenvalue weighted by Gasteiger charge is 2.54. The van der Waals surface area contributed by atoms with E-state index in [2.05, 4.69) is 86.0 Å². The Kier molecular flexibility index (Phi) is 21.5. The third kappa shape index (κ3) is 16.0. The summed E-state index contributed by atoms with van der Waals surface area (Å²) in [5.41, 5.74) is -3.52. The van der Waals surface area contributed by atoms with Crippen LogP contribution in [0.1, 0.15) is 141 Å². The quantitative estimate of drug-likeness (QED) is 0.0808. The van der Waals surface area contributed by atoms with Crippen LogP contribution < -0.4 is 0 Å². The predicted octanol–water partition coefficient (Wildman–Crippen LogP) is 8.87. The SMILES string of the molecule is CCC1OC[C@@H](C)C(O[C@H]2C[C@@](C)(OC)[C@@H](O[Si](C)(C)C)[C@H](C)O2)[C@H](C)[C@@H](O[C@@H]2O[C@H](C)C[C@H](N(C)C)[C@H]2O[Si](C)(C)C)[C@](C)(O)C[C@@H](C)/C(=N\OC2(OC(C)C)CCCCC2)[C@@H](C)[C@@H](O)[C@]1(C)O. The molecular formula is C52H102N2O13Si2. The molecule has 0 bridgehead atoms. The van der Waals surface area contributed by atoms with E-state index in [9.17, 15) is 15.3 Å². The molecule has 3 aliphatic heterocycles. The topological polar surface area (TPSA) is 169 Å². The normalized spacial score (nSPS) is 43.2. The summed E-state index contributed by atoms with van der Waals surface area (Å²) in [7, 11) is 1.65. The van der Waals surface area contributed by atoms with Gasteiger partial charge in [-0.3, -0.25) is 0 Å². The smallest absolute Gasteiger partial charge is 0.237 e. The molecule has 0 radical (unpaired) electrons. The van der Waals surface area contributed by atoms with Crippen molar-refractivity contribution in [1.29, 1.82) is 0 Å². The Bertz CT molecular complexity index is 1600. The first-order valence-electron chi connectivity index (χ1n) is 26.6. The summed E-state index contributed by atoms with van der Waals surface area (Å²) in [5, 5.41) is 43.1. The summed E-state index contributed by atoms with van der Waals surface area (Å²) in [5.74, 6) is -3.01. The lowest BCUT2D eigenvalue weighted by Gasteiger charge is -2.51. The van der Waals surface area contributed by atoms with Gasteiger partial charge in [-0.05, 0) is 134 Å². The zero-order chi connectivity index (χ0) is 52.2. The van der Waals surface area contributed by atoms with Crippen LogP contribution in [-0.4, -0.2) is 167 Å². The summed E-state index contributed by atoms with van der Waals surface area (Å²) < 4.78 is 61.4. The summed E-state index contributed by atoms with van der Waals surface area (Å²) in [4.78, 5) is 8.76. The van der Waals surface area contributed by atoms with Gasteiger partial charge in [0.15, 0.2) is 29.2 Å². The van der Waals surface area contributed by atoms with Gasteiger partial charge >= 0.3 is 0 Å². The van der Waals surface area contributed by atoms with Crippen molar-refractivity contribution in [3.8, 4) is 0 Å². The van der Waals surface area contributed by atoms with Crippen molar-refractivity contribution in [2.75, 3.05) is 27.8 Å². The van der Waals surface area contributed by atoms with E-state index in [4.69, 9.17) is 52.0 Å². The van der Waals surface area contributed by atoms with Gasteiger partial charge < -0.3 is 67.1 Å². The van der Waals surface area contributed by atoms with Crippen molar-refractivity contribution in [3.05, 3.63) is 0 Å². The van der Waals surface area contributed by atoms with E-state index in [0.717, 1.165) is 25.7 Å². The molecule has 1 saturated carbocycles. The molecule has 0 aromatic carbocycles. The fraction of sp³-hybridized carbons (Fsp3) is 0.981. The number of methoxy groups -OCH3 is 1. The molecule has 4 rings (SSSR count). The van der Waals surface area contributed by atoms with Gasteiger partial charge in [0, 0.05) is 56.1 Å². The highest BCUT2D eigenvalue weighted by atomic mass is 28.4. The van der Waals surface area contributed by atoms with E-state index < -0.39 is 100 Å². The van der Waals surface area contributed by atoms with Crippen LogP contribution in [-0.2, 0) is 46.8 Å². The molecular weight excluding hydrogens is 917 g/mol. The average Bonchev–Trinajstić information content (AvgIpc) is 3.22. The van der Waals surface area contributed by atoms with E-state index in [0.29, 0.717) is 31.4 Å². The number of hydrogen-bond donors (Lipinski definition) is 3. The number of nitrogens with zero attached hydrogens (tertiary/aromatic N) is 2. The average molecular weight is 1020 g/mol. The number of likely N-dealkylation sites (N-methyl/N-ethyl adjacent to an activating group) is 1. The molecule has 0 spiro atoms. The maximum atomic E-state index is 13.4. The Hall–Kier alpha value is -0.616. The van der Waals surface area contributed by atoms with Gasteiger partial charge in [-0.1, -0.05) is 46.2 Å². The first-order chi connectivity index (χ1) is 31.7. The Morgan fingerprint density at radius 3 is 1.97 bits per heavy atom. The second-order valence-electron chi connectivity index (χ2n) is 24.8. The third-order valence-corrected chi connectivity index (χ3v) is 17.1. The minimum absolute atomic E-state index is 0.0186. The lowest BCUT2D eigenvalue weighted by atomic mass is 9.73. The van der Waals surface area contributed by atoms with Gasteiger partial charge in [-0.25, -0.2) is 0 Å². The predicted molar refractivity (Wildman–Crippen MR) is 276 cm³/mol. The lowest BCUT2D eigenvalue weighted by molar-refractivity contribution is -0.317. The molecule has 69 heavy (non-hydrogen) atoms. The zero-order valence-electron chi connectivity index (χ0n) is 47.1. The summed E-state index contributed by atoms with van der Waals surface area (Å²) in [6.07, 6.45) is -0.613. The standard InChI is InChI=1S/C52H102N2O13Si2/c1-22-40-51(12,57)45(55)36(7)42(53-67-52(64-32(2)3)26-24-23-25-27-52)33(4)29-49(10,56)46(63-48-44(65-68(16,17)18)39(54(13)14)28-35(6)60-48)37(8)43(34(5)31-59-40)62-41-30-50(11,58-15)47(38(9)61-41)66-69(19,20)21/h32-41,43-48,55-57H,22-31H2,1-21H3/b53-42+/t33-,34-,35-,36-,37+,38+,39+,40?,41+,43?,44-,45-,46-,47+,48+,49-,50-,51-/m1/s1. The highest BCUT2D eigenvalue weighted by Crippen LogP contribution is 2.43. The van der Waals surface area contributed by atoms with Gasteiger partial charge in [0.05, 0.1) is 72.4 Å². The summed E-state index contributed by atoms with van der Waals surface area (Å²) in [6.45, 7) is 36.6. The van der Waals surface area contributed by atoms with E-state index in [1.165, 1.54) is 0 Å². The maximum Gasteiger partial charge on any atom is 0.237 e. The molecule has 4 fully saturated rings. The van der Waals surface area contributed by atoms with E-state index in [1.54, 1.807) is 14.0 Å². The maximum absolute atomic E-state index is 13.4. The zero-order valence-corrected chi connectivity index (χ0v) is 49.1. The molecule has 0 aromatic rings. The monoisotopic (exact) mass is 1020 g/mol. The van der Waals surface area contributed by atoms with Crippen LogP contribution >= 0.6 is 0 Å². The van der Waals surface area contributed by atoms with Crippen molar-refractivity contribution in [3.63, 3.8) is 0 Å². The van der Waals surface area contributed by atoms with Crippen LogP contribution in [0.5, 0.6) is 0 Å². The van der Waals surface area contributed by atoms with E-state index in [-0.39, 0.29) is 49.4 Å². The van der Waals surface area contributed by atoms with Crippen molar-refractivity contribution in [1.82, 2.24) is 4.90 Å². The number of aliphatic hydroxyl groups excluding tert-OH is 1. The third-order valence-electron chi connectivity index (χ3n) is 15.1. The van der Waals surface area contributed by atoms with Crippen LogP contribution in [0, 0.1) is 23.7 Å². The molecule has 18 atom stereocenters. The second-order valence-corrected chi connectivity index (χ2v) is 33.7. The van der Waals surface area contributed by atoms with E-state index >= 15 is 0 Å². The van der Waals surface area contributed by atoms with Gasteiger partial charge in [0.25, 0.3) is 0 Å². The van der Waals surface area contributed by atoms with Crippen LogP contribution in [0.4, 0.5) is 0 Å². The van der Waals surface area contributed by atoms with Crippen molar-refractivity contribution in [2.24, 2.45) is 28.8 Å². The molecule has 3 heterocycles. The molecule has 17 heteroatoms. The molecule has 406 valence electrons.